The molecular formula is C15H24N2O. The van der Waals surface area contributed by atoms with E-state index in [1.165, 1.54) is 16.8 Å². The highest BCUT2D eigenvalue weighted by atomic mass is 16.3. The van der Waals surface area contributed by atoms with Gasteiger partial charge in [0.05, 0.1) is 6.61 Å². The second-order valence-corrected chi connectivity index (χ2v) is 5.42. The van der Waals surface area contributed by atoms with Crippen molar-refractivity contribution in [3.05, 3.63) is 29.3 Å². The van der Waals surface area contributed by atoms with Gasteiger partial charge in [-0.05, 0) is 44.9 Å². The van der Waals surface area contributed by atoms with E-state index in [0.29, 0.717) is 0 Å². The van der Waals surface area contributed by atoms with Crippen LogP contribution in [-0.4, -0.2) is 37.4 Å². The molecule has 0 radical (unpaired) electrons. The van der Waals surface area contributed by atoms with Gasteiger partial charge in [0.1, 0.15) is 0 Å². The monoisotopic (exact) mass is 248 g/mol. The molecule has 1 saturated heterocycles. The molecule has 0 atom stereocenters. The zero-order valence-corrected chi connectivity index (χ0v) is 11.7. The fourth-order valence-electron chi connectivity index (χ4n) is 2.95. The number of benzene rings is 1. The highest BCUT2D eigenvalue weighted by Gasteiger charge is 2.32. The van der Waals surface area contributed by atoms with E-state index in [1.807, 2.05) is 7.05 Å². The summed E-state index contributed by atoms with van der Waals surface area (Å²) >= 11 is 0. The van der Waals surface area contributed by atoms with Crippen LogP contribution in [0.2, 0.25) is 0 Å². The minimum absolute atomic E-state index is 0.0763. The number of likely N-dealkylation sites (N-methyl/N-ethyl adjacent to an activating group) is 1. The zero-order valence-electron chi connectivity index (χ0n) is 11.7. The van der Waals surface area contributed by atoms with E-state index < -0.39 is 0 Å². The van der Waals surface area contributed by atoms with E-state index in [4.69, 9.17) is 0 Å². The standard InChI is InChI=1S/C15H24N2O/c1-12-5-4-6-13(2)14(12)17-9-7-15(11-18,16-3)8-10-17/h4-6,16,18H,7-11H2,1-3H3. The van der Waals surface area contributed by atoms with Crippen molar-refractivity contribution < 1.29 is 5.11 Å². The van der Waals surface area contributed by atoms with Crippen LogP contribution in [0.5, 0.6) is 0 Å². The first kappa shape index (κ1) is 13.4. The summed E-state index contributed by atoms with van der Waals surface area (Å²) in [4.78, 5) is 2.45. The topological polar surface area (TPSA) is 35.5 Å². The number of hydrogen-bond donors (Lipinski definition) is 2. The third-order valence-electron chi connectivity index (χ3n) is 4.31. The molecule has 1 aliphatic rings. The fourth-order valence-corrected chi connectivity index (χ4v) is 2.95. The summed E-state index contributed by atoms with van der Waals surface area (Å²) in [6.07, 6.45) is 1.99. The van der Waals surface area contributed by atoms with Crippen molar-refractivity contribution in [3.8, 4) is 0 Å². The number of hydrogen-bond acceptors (Lipinski definition) is 3. The van der Waals surface area contributed by atoms with Gasteiger partial charge in [0, 0.05) is 24.3 Å². The van der Waals surface area contributed by atoms with E-state index in [0.717, 1.165) is 25.9 Å². The highest BCUT2D eigenvalue weighted by Crippen LogP contribution is 2.30. The fraction of sp³-hybridized carbons (Fsp3) is 0.600. The van der Waals surface area contributed by atoms with Gasteiger partial charge in [0.15, 0.2) is 0 Å². The number of aliphatic hydroxyl groups is 1. The van der Waals surface area contributed by atoms with Crippen LogP contribution in [0.3, 0.4) is 0 Å². The molecule has 0 aromatic heterocycles. The maximum Gasteiger partial charge on any atom is 0.0614 e. The first-order valence-electron chi connectivity index (χ1n) is 6.73. The Kier molecular flexibility index (Phi) is 3.93. The molecule has 0 saturated carbocycles. The maximum absolute atomic E-state index is 9.53. The highest BCUT2D eigenvalue weighted by molar-refractivity contribution is 5.59. The van der Waals surface area contributed by atoms with Crippen LogP contribution in [0.15, 0.2) is 18.2 Å². The number of aryl methyl sites for hydroxylation is 2. The van der Waals surface area contributed by atoms with Gasteiger partial charge in [0.25, 0.3) is 0 Å². The Morgan fingerprint density at radius 2 is 1.78 bits per heavy atom. The SMILES string of the molecule is CNC1(CO)CCN(c2c(C)cccc2C)CC1. The Bertz CT molecular complexity index is 383. The molecule has 3 nitrogen and oxygen atoms in total. The van der Waals surface area contributed by atoms with Crippen LogP contribution >= 0.6 is 0 Å². The van der Waals surface area contributed by atoms with Crippen molar-refractivity contribution in [2.45, 2.75) is 32.2 Å². The molecule has 18 heavy (non-hydrogen) atoms. The summed E-state index contributed by atoms with van der Waals surface area (Å²) in [5.74, 6) is 0. The van der Waals surface area contributed by atoms with Crippen molar-refractivity contribution in [2.75, 3.05) is 31.6 Å². The molecule has 1 aromatic carbocycles. The van der Waals surface area contributed by atoms with Gasteiger partial charge in [-0.15, -0.1) is 0 Å². The number of anilines is 1. The molecule has 1 fully saturated rings. The van der Waals surface area contributed by atoms with Crippen LogP contribution < -0.4 is 10.2 Å². The smallest absolute Gasteiger partial charge is 0.0614 e. The predicted octanol–water partition coefficient (Wildman–Crippen LogP) is 1.85. The lowest BCUT2D eigenvalue weighted by Gasteiger charge is -2.42. The zero-order chi connectivity index (χ0) is 13.2. The number of para-hydroxylation sites is 1. The van der Waals surface area contributed by atoms with Gasteiger partial charge < -0.3 is 15.3 Å². The molecule has 0 unspecified atom stereocenters. The molecular weight excluding hydrogens is 224 g/mol. The predicted molar refractivity (Wildman–Crippen MR) is 76.2 cm³/mol. The lowest BCUT2D eigenvalue weighted by molar-refractivity contribution is 0.142. The summed E-state index contributed by atoms with van der Waals surface area (Å²) in [7, 11) is 1.95. The Hall–Kier alpha value is -1.06. The maximum atomic E-state index is 9.53. The molecule has 0 amide bonds. The first-order valence-corrected chi connectivity index (χ1v) is 6.73. The molecule has 2 rings (SSSR count). The van der Waals surface area contributed by atoms with Crippen LogP contribution in [0.1, 0.15) is 24.0 Å². The molecule has 0 spiro atoms. The van der Waals surface area contributed by atoms with Crippen LogP contribution in [0.4, 0.5) is 5.69 Å². The molecule has 2 N–H and O–H groups in total. The summed E-state index contributed by atoms with van der Waals surface area (Å²) in [6, 6.07) is 6.46. The Balaban J connectivity index is 2.15. The van der Waals surface area contributed by atoms with Crippen LogP contribution in [0.25, 0.3) is 0 Å². The average molecular weight is 248 g/mol. The van der Waals surface area contributed by atoms with Gasteiger partial charge >= 0.3 is 0 Å². The van der Waals surface area contributed by atoms with Crippen LogP contribution in [0, 0.1) is 13.8 Å². The average Bonchev–Trinajstić information content (AvgIpc) is 2.39. The van der Waals surface area contributed by atoms with Crippen molar-refractivity contribution in [3.63, 3.8) is 0 Å². The van der Waals surface area contributed by atoms with E-state index in [2.05, 4.69) is 42.3 Å². The summed E-state index contributed by atoms with van der Waals surface area (Å²) in [5.41, 5.74) is 3.99. The number of nitrogens with one attached hydrogen (secondary N) is 1. The summed E-state index contributed by atoms with van der Waals surface area (Å²) in [5, 5.41) is 12.8. The second-order valence-electron chi connectivity index (χ2n) is 5.42. The molecule has 3 heteroatoms. The Morgan fingerprint density at radius 1 is 1.22 bits per heavy atom. The quantitative estimate of drug-likeness (QED) is 0.857. The lowest BCUT2D eigenvalue weighted by Crippen LogP contribution is -2.54. The largest absolute Gasteiger partial charge is 0.394 e. The van der Waals surface area contributed by atoms with Gasteiger partial charge in [0.2, 0.25) is 0 Å². The van der Waals surface area contributed by atoms with Gasteiger partial charge in [-0.3, -0.25) is 0 Å². The number of rotatable bonds is 3. The Labute approximate surface area is 110 Å². The Morgan fingerprint density at radius 3 is 2.22 bits per heavy atom. The molecule has 1 aliphatic heterocycles. The summed E-state index contributed by atoms with van der Waals surface area (Å²) in [6.45, 7) is 6.59. The van der Waals surface area contributed by atoms with E-state index >= 15 is 0 Å². The third kappa shape index (κ3) is 2.38. The molecule has 0 bridgehead atoms. The van der Waals surface area contributed by atoms with E-state index in [1.54, 1.807) is 0 Å². The van der Waals surface area contributed by atoms with Gasteiger partial charge in [-0.25, -0.2) is 0 Å². The van der Waals surface area contributed by atoms with Crippen LogP contribution in [-0.2, 0) is 0 Å². The molecule has 100 valence electrons. The van der Waals surface area contributed by atoms with Crippen molar-refractivity contribution >= 4 is 5.69 Å². The number of aliphatic hydroxyl groups excluding tert-OH is 1. The molecule has 1 heterocycles. The molecule has 0 aliphatic carbocycles. The van der Waals surface area contributed by atoms with E-state index in [9.17, 15) is 5.11 Å². The van der Waals surface area contributed by atoms with E-state index in [-0.39, 0.29) is 12.1 Å². The normalized spacial score (nSPS) is 19.0. The van der Waals surface area contributed by atoms with Gasteiger partial charge in [-0.1, -0.05) is 18.2 Å². The van der Waals surface area contributed by atoms with Crippen molar-refractivity contribution in [1.29, 1.82) is 0 Å². The minimum Gasteiger partial charge on any atom is -0.394 e. The molecule has 1 aromatic rings. The van der Waals surface area contributed by atoms with Crippen molar-refractivity contribution in [2.24, 2.45) is 0 Å². The minimum atomic E-state index is -0.0763. The van der Waals surface area contributed by atoms with Gasteiger partial charge in [-0.2, -0.15) is 0 Å². The first-order chi connectivity index (χ1) is 8.62. The number of nitrogens with zero attached hydrogens (tertiary/aromatic N) is 1. The third-order valence-corrected chi connectivity index (χ3v) is 4.31. The lowest BCUT2D eigenvalue weighted by atomic mass is 9.88. The van der Waals surface area contributed by atoms with Crippen molar-refractivity contribution in [1.82, 2.24) is 5.32 Å². The summed E-state index contributed by atoms with van der Waals surface area (Å²) < 4.78 is 0. The number of piperidine rings is 1. The second kappa shape index (κ2) is 5.29.